The largest absolute Gasteiger partial charge is 0.280 e. The minimum Gasteiger partial charge on any atom is -0.280 e. The van der Waals surface area contributed by atoms with Crippen LogP contribution in [0.5, 0.6) is 0 Å². The number of hydrogen-bond acceptors (Lipinski definition) is 2. The van der Waals surface area contributed by atoms with Crippen molar-refractivity contribution in [1.29, 1.82) is 5.26 Å². The molecular formula is C8H8Br2ClNO. The topological polar surface area (TPSA) is 40.9 Å². The Morgan fingerprint density at radius 3 is 2.08 bits per heavy atom. The standard InChI is InChI=1S/C8H8Br2ClNO/c9-7(5-12)1-3-8(10,4-2-7)6(11)13/h1-4H2. The van der Waals surface area contributed by atoms with Crippen molar-refractivity contribution in [2.75, 3.05) is 0 Å². The first-order valence-corrected chi connectivity index (χ1v) is 5.87. The molecule has 0 bridgehead atoms. The lowest BCUT2D eigenvalue weighted by atomic mass is 9.83. The molecule has 0 heterocycles. The highest BCUT2D eigenvalue weighted by molar-refractivity contribution is 9.10. The van der Waals surface area contributed by atoms with Gasteiger partial charge in [0.05, 0.1) is 10.4 Å². The molecule has 1 aliphatic rings. The maximum absolute atomic E-state index is 11.0. The van der Waals surface area contributed by atoms with E-state index in [-0.39, 0.29) is 5.24 Å². The van der Waals surface area contributed by atoms with Gasteiger partial charge in [-0.1, -0.05) is 31.9 Å². The molecule has 0 aliphatic heterocycles. The summed E-state index contributed by atoms with van der Waals surface area (Å²) in [5.74, 6) is 0. The number of carbonyl (C=O) groups excluding carboxylic acids is 1. The summed E-state index contributed by atoms with van der Waals surface area (Å²) in [6.45, 7) is 0. The summed E-state index contributed by atoms with van der Waals surface area (Å²) in [6, 6.07) is 2.20. The van der Waals surface area contributed by atoms with Crippen LogP contribution in [0.3, 0.4) is 0 Å². The maximum atomic E-state index is 11.0. The summed E-state index contributed by atoms with van der Waals surface area (Å²) in [5.41, 5.74) is 0. The third-order valence-electron chi connectivity index (χ3n) is 2.39. The van der Waals surface area contributed by atoms with Crippen molar-refractivity contribution in [3.8, 4) is 6.07 Å². The molecule has 5 heteroatoms. The van der Waals surface area contributed by atoms with Crippen LogP contribution in [0, 0.1) is 11.3 Å². The third-order valence-corrected chi connectivity index (χ3v) is 5.10. The van der Waals surface area contributed by atoms with Crippen LogP contribution in [-0.2, 0) is 4.79 Å². The summed E-state index contributed by atoms with van der Waals surface area (Å²) in [5, 5.41) is 8.47. The Bertz CT molecular complexity index is 266. The van der Waals surface area contributed by atoms with Gasteiger partial charge in [-0.15, -0.1) is 0 Å². The summed E-state index contributed by atoms with van der Waals surface area (Å²) in [7, 11) is 0. The minimum absolute atomic E-state index is 0.361. The molecule has 1 fully saturated rings. The van der Waals surface area contributed by atoms with Gasteiger partial charge in [0.15, 0.2) is 0 Å². The average molecular weight is 329 g/mol. The summed E-state index contributed by atoms with van der Waals surface area (Å²) in [6.07, 6.45) is 2.50. The fraction of sp³-hybridized carbons (Fsp3) is 0.750. The number of alkyl halides is 2. The Balaban J connectivity index is 2.68. The van der Waals surface area contributed by atoms with Crippen LogP contribution in [-0.4, -0.2) is 13.9 Å². The van der Waals surface area contributed by atoms with E-state index >= 15 is 0 Å². The van der Waals surface area contributed by atoms with Crippen molar-refractivity contribution in [2.45, 2.75) is 34.3 Å². The second-order valence-electron chi connectivity index (χ2n) is 3.32. The number of nitrogens with zero attached hydrogens (tertiary/aromatic N) is 1. The molecule has 0 N–H and O–H groups in total. The Hall–Kier alpha value is 0.410. The first-order chi connectivity index (χ1) is 5.92. The van der Waals surface area contributed by atoms with E-state index < -0.39 is 8.65 Å². The number of nitriles is 1. The van der Waals surface area contributed by atoms with Crippen LogP contribution in [0.25, 0.3) is 0 Å². The number of hydrogen-bond donors (Lipinski definition) is 0. The normalized spacial score (nSPS) is 39.5. The van der Waals surface area contributed by atoms with E-state index in [4.69, 9.17) is 16.9 Å². The van der Waals surface area contributed by atoms with E-state index in [1.54, 1.807) is 0 Å². The summed E-state index contributed by atoms with van der Waals surface area (Å²) in [4.78, 5) is 11.0. The van der Waals surface area contributed by atoms with E-state index in [9.17, 15) is 4.79 Å². The second-order valence-corrected chi connectivity index (χ2v) is 6.70. The van der Waals surface area contributed by atoms with Gasteiger partial charge in [0.1, 0.15) is 4.32 Å². The van der Waals surface area contributed by atoms with Gasteiger partial charge in [0.2, 0.25) is 5.24 Å². The maximum Gasteiger partial charge on any atom is 0.238 e. The highest BCUT2D eigenvalue weighted by atomic mass is 79.9. The Kier molecular flexibility index (Phi) is 3.43. The monoisotopic (exact) mass is 327 g/mol. The van der Waals surface area contributed by atoms with Gasteiger partial charge in [-0.05, 0) is 37.3 Å². The third kappa shape index (κ3) is 2.45. The van der Waals surface area contributed by atoms with E-state index in [2.05, 4.69) is 37.9 Å². The number of carbonyl (C=O) groups is 1. The molecule has 0 spiro atoms. The van der Waals surface area contributed by atoms with Crippen molar-refractivity contribution >= 4 is 48.7 Å². The van der Waals surface area contributed by atoms with Crippen molar-refractivity contribution in [2.24, 2.45) is 0 Å². The van der Waals surface area contributed by atoms with Gasteiger partial charge in [0.25, 0.3) is 0 Å². The Morgan fingerprint density at radius 1 is 1.31 bits per heavy atom. The molecule has 0 aromatic rings. The zero-order chi connectivity index (χ0) is 10.1. The van der Waals surface area contributed by atoms with E-state index in [1.165, 1.54) is 0 Å². The minimum atomic E-state index is -0.608. The van der Waals surface area contributed by atoms with Crippen molar-refractivity contribution < 1.29 is 4.79 Å². The van der Waals surface area contributed by atoms with Crippen LogP contribution >= 0.6 is 43.5 Å². The molecule has 13 heavy (non-hydrogen) atoms. The molecule has 72 valence electrons. The van der Waals surface area contributed by atoms with Gasteiger partial charge in [-0.3, -0.25) is 4.79 Å². The van der Waals surface area contributed by atoms with E-state index in [0.29, 0.717) is 25.7 Å². The van der Waals surface area contributed by atoms with Crippen molar-refractivity contribution in [3.63, 3.8) is 0 Å². The second kappa shape index (κ2) is 3.88. The highest BCUT2D eigenvalue weighted by Gasteiger charge is 2.43. The number of halogens is 3. The molecule has 0 aromatic heterocycles. The van der Waals surface area contributed by atoms with Gasteiger partial charge in [-0.25, -0.2) is 0 Å². The zero-order valence-electron chi connectivity index (χ0n) is 6.82. The predicted molar refractivity (Wildman–Crippen MR) is 58.3 cm³/mol. The predicted octanol–water partition coefficient (Wildman–Crippen LogP) is 3.12. The molecule has 0 radical (unpaired) electrons. The molecular weight excluding hydrogens is 321 g/mol. The van der Waals surface area contributed by atoms with Crippen LogP contribution in [0.1, 0.15) is 25.7 Å². The molecule has 0 aromatic carbocycles. The van der Waals surface area contributed by atoms with Gasteiger partial charge >= 0.3 is 0 Å². The first-order valence-electron chi connectivity index (χ1n) is 3.91. The van der Waals surface area contributed by atoms with E-state index in [1.807, 2.05) is 0 Å². The van der Waals surface area contributed by atoms with Crippen molar-refractivity contribution in [1.82, 2.24) is 0 Å². The Labute approximate surface area is 98.9 Å². The van der Waals surface area contributed by atoms with Crippen LogP contribution in [0.4, 0.5) is 0 Å². The molecule has 0 atom stereocenters. The SMILES string of the molecule is N#CC1(Br)CCC(Br)(C(=O)Cl)CC1. The zero-order valence-corrected chi connectivity index (χ0v) is 10.7. The lowest BCUT2D eigenvalue weighted by molar-refractivity contribution is -0.114. The van der Waals surface area contributed by atoms with Gasteiger partial charge in [-0.2, -0.15) is 5.26 Å². The lowest BCUT2D eigenvalue weighted by Gasteiger charge is -2.34. The fourth-order valence-corrected chi connectivity index (χ4v) is 2.33. The fourth-order valence-electron chi connectivity index (χ4n) is 1.35. The summed E-state index contributed by atoms with van der Waals surface area (Å²) >= 11 is 12.1. The molecule has 1 aliphatic carbocycles. The number of rotatable bonds is 1. The smallest absolute Gasteiger partial charge is 0.238 e. The molecule has 2 nitrogen and oxygen atoms in total. The lowest BCUT2D eigenvalue weighted by Crippen LogP contribution is -2.38. The molecule has 0 amide bonds. The van der Waals surface area contributed by atoms with Gasteiger partial charge < -0.3 is 0 Å². The average Bonchev–Trinajstić information content (AvgIpc) is 2.11. The first kappa shape index (κ1) is 11.5. The van der Waals surface area contributed by atoms with Crippen LogP contribution in [0.2, 0.25) is 0 Å². The quantitative estimate of drug-likeness (QED) is 0.548. The van der Waals surface area contributed by atoms with Gasteiger partial charge in [0, 0.05) is 0 Å². The van der Waals surface area contributed by atoms with Crippen molar-refractivity contribution in [3.05, 3.63) is 0 Å². The molecule has 1 saturated carbocycles. The Morgan fingerprint density at radius 2 is 1.77 bits per heavy atom. The van der Waals surface area contributed by atoms with Crippen LogP contribution in [0.15, 0.2) is 0 Å². The van der Waals surface area contributed by atoms with Crippen LogP contribution < -0.4 is 0 Å². The summed E-state index contributed by atoms with van der Waals surface area (Å²) < 4.78 is -1.07. The molecule has 1 rings (SSSR count). The molecule has 0 saturated heterocycles. The highest BCUT2D eigenvalue weighted by Crippen LogP contribution is 2.45. The molecule has 0 unspecified atom stereocenters. The van der Waals surface area contributed by atoms with E-state index in [0.717, 1.165) is 0 Å².